The Labute approximate surface area is 168 Å². The highest BCUT2D eigenvalue weighted by molar-refractivity contribution is 7.09. The predicted octanol–water partition coefficient (Wildman–Crippen LogP) is 3.62. The first kappa shape index (κ1) is 18.9. The monoisotopic (exact) mass is 397 g/mol. The van der Waals surface area contributed by atoms with Crippen LogP contribution in [0.1, 0.15) is 4.88 Å². The zero-order chi connectivity index (χ0) is 19.5. The first-order chi connectivity index (χ1) is 13.6. The number of thiazole rings is 1. The Bertz CT molecular complexity index is 973. The van der Waals surface area contributed by atoms with Crippen LogP contribution in [-0.4, -0.2) is 42.2 Å². The quantitative estimate of drug-likeness (QED) is 0.658. The molecule has 0 bridgehead atoms. The van der Waals surface area contributed by atoms with Gasteiger partial charge in [0.1, 0.15) is 5.82 Å². The molecule has 1 fully saturated rings. The summed E-state index contributed by atoms with van der Waals surface area (Å²) < 4.78 is 15.0. The Morgan fingerprint density at radius 1 is 0.964 bits per heavy atom. The highest BCUT2D eigenvalue weighted by Gasteiger charge is 2.19. The summed E-state index contributed by atoms with van der Waals surface area (Å²) in [5, 5.41) is 0. The van der Waals surface area contributed by atoms with E-state index in [1.54, 1.807) is 23.7 Å². The van der Waals surface area contributed by atoms with Crippen molar-refractivity contribution >= 4 is 17.0 Å². The van der Waals surface area contributed by atoms with Crippen molar-refractivity contribution in [1.82, 2.24) is 9.47 Å². The molecule has 6 heteroatoms. The van der Waals surface area contributed by atoms with Crippen LogP contribution in [0.2, 0.25) is 0 Å². The number of hydrogen-bond donors (Lipinski definition) is 0. The van der Waals surface area contributed by atoms with Gasteiger partial charge < -0.3 is 9.47 Å². The summed E-state index contributed by atoms with van der Waals surface area (Å²) in [6.45, 7) is 4.99. The maximum Gasteiger partial charge on any atom is 0.307 e. The molecule has 1 aromatic heterocycles. The average molecular weight is 398 g/mol. The SMILES string of the molecule is Cn1c(-c2ccc(F)cc2)c(CCN2CCN(c3ccccc3)CC2)sc1=O. The van der Waals surface area contributed by atoms with E-state index in [0.29, 0.717) is 0 Å². The molecular weight excluding hydrogens is 373 g/mol. The minimum atomic E-state index is -0.262. The lowest BCUT2D eigenvalue weighted by atomic mass is 10.1. The van der Waals surface area contributed by atoms with Gasteiger partial charge in [-0.1, -0.05) is 29.5 Å². The van der Waals surface area contributed by atoms with Gasteiger partial charge in [0.15, 0.2) is 0 Å². The van der Waals surface area contributed by atoms with Gasteiger partial charge in [-0.15, -0.1) is 0 Å². The minimum Gasteiger partial charge on any atom is -0.369 e. The van der Waals surface area contributed by atoms with Crippen molar-refractivity contribution in [1.29, 1.82) is 0 Å². The molecule has 0 amide bonds. The number of aromatic nitrogens is 1. The highest BCUT2D eigenvalue weighted by atomic mass is 32.1. The third-order valence-electron chi connectivity index (χ3n) is 5.35. The van der Waals surface area contributed by atoms with Gasteiger partial charge in [-0.2, -0.15) is 0 Å². The summed E-state index contributed by atoms with van der Waals surface area (Å²) >= 11 is 1.30. The molecule has 4 nitrogen and oxygen atoms in total. The molecule has 4 rings (SSSR count). The Morgan fingerprint density at radius 3 is 2.32 bits per heavy atom. The number of halogens is 1. The average Bonchev–Trinajstić information content (AvgIpc) is 3.02. The van der Waals surface area contributed by atoms with Gasteiger partial charge >= 0.3 is 4.87 Å². The van der Waals surface area contributed by atoms with E-state index in [9.17, 15) is 9.18 Å². The Balaban J connectivity index is 1.41. The summed E-state index contributed by atoms with van der Waals surface area (Å²) in [4.78, 5) is 18.2. The standard InChI is InChI=1S/C22H24FN3OS/c1-24-21(17-7-9-18(23)10-8-17)20(28-22(24)27)11-12-25-13-15-26(16-14-25)19-5-3-2-4-6-19/h2-10H,11-16H2,1H3. The van der Waals surface area contributed by atoms with E-state index in [0.717, 1.165) is 55.3 Å². The van der Waals surface area contributed by atoms with Crippen LogP contribution in [0.3, 0.4) is 0 Å². The van der Waals surface area contributed by atoms with E-state index in [1.165, 1.54) is 29.2 Å². The lowest BCUT2D eigenvalue weighted by Gasteiger charge is -2.36. The number of piperazine rings is 1. The third kappa shape index (κ3) is 4.03. The van der Waals surface area contributed by atoms with Gasteiger partial charge in [-0.3, -0.25) is 9.69 Å². The lowest BCUT2D eigenvalue weighted by molar-refractivity contribution is 0.261. The number of benzene rings is 2. The smallest absolute Gasteiger partial charge is 0.307 e. The first-order valence-electron chi connectivity index (χ1n) is 9.59. The molecule has 2 heterocycles. The fraction of sp³-hybridized carbons (Fsp3) is 0.318. The maximum absolute atomic E-state index is 13.3. The molecule has 0 saturated carbocycles. The van der Waals surface area contributed by atoms with E-state index in [-0.39, 0.29) is 10.7 Å². The summed E-state index contributed by atoms with van der Waals surface area (Å²) in [6.07, 6.45) is 0.832. The number of rotatable bonds is 5. The van der Waals surface area contributed by atoms with Gasteiger partial charge in [0.2, 0.25) is 0 Å². The van der Waals surface area contributed by atoms with Crippen molar-refractivity contribution in [2.75, 3.05) is 37.6 Å². The Hall–Kier alpha value is -2.44. The summed E-state index contributed by atoms with van der Waals surface area (Å²) in [5.41, 5.74) is 3.09. The first-order valence-corrected chi connectivity index (χ1v) is 10.4. The van der Waals surface area contributed by atoms with E-state index in [2.05, 4.69) is 34.1 Å². The Morgan fingerprint density at radius 2 is 1.64 bits per heavy atom. The molecule has 1 saturated heterocycles. The molecule has 0 N–H and O–H groups in total. The minimum absolute atomic E-state index is 0.0308. The van der Waals surface area contributed by atoms with Crippen LogP contribution < -0.4 is 9.77 Å². The second-order valence-corrected chi connectivity index (χ2v) is 8.17. The number of anilines is 1. The van der Waals surface area contributed by atoms with E-state index < -0.39 is 0 Å². The lowest BCUT2D eigenvalue weighted by Crippen LogP contribution is -2.46. The molecule has 0 atom stereocenters. The number of hydrogen-bond acceptors (Lipinski definition) is 4. The molecule has 0 radical (unpaired) electrons. The number of para-hydroxylation sites is 1. The topological polar surface area (TPSA) is 28.5 Å². The third-order valence-corrected chi connectivity index (χ3v) is 6.44. The van der Waals surface area contributed by atoms with Crippen molar-refractivity contribution in [2.45, 2.75) is 6.42 Å². The van der Waals surface area contributed by atoms with E-state index >= 15 is 0 Å². The van der Waals surface area contributed by atoms with Gasteiger partial charge in [0.25, 0.3) is 0 Å². The van der Waals surface area contributed by atoms with Crippen LogP contribution >= 0.6 is 11.3 Å². The normalized spacial score (nSPS) is 15.1. The second-order valence-electron chi connectivity index (χ2n) is 7.12. The summed E-state index contributed by atoms with van der Waals surface area (Å²) in [6, 6.07) is 16.9. The molecule has 3 aromatic rings. The zero-order valence-corrected chi connectivity index (χ0v) is 16.8. The van der Waals surface area contributed by atoms with Gasteiger partial charge in [0.05, 0.1) is 5.69 Å². The van der Waals surface area contributed by atoms with Crippen molar-refractivity contribution in [3.05, 3.63) is 75.0 Å². The van der Waals surface area contributed by atoms with Crippen LogP contribution in [0.5, 0.6) is 0 Å². The fourth-order valence-corrected chi connectivity index (χ4v) is 4.74. The van der Waals surface area contributed by atoms with Gasteiger partial charge in [0, 0.05) is 50.3 Å². The molecule has 0 unspecified atom stereocenters. The van der Waals surface area contributed by atoms with Crippen LogP contribution in [0.15, 0.2) is 59.4 Å². The predicted molar refractivity (Wildman–Crippen MR) is 114 cm³/mol. The molecule has 146 valence electrons. The second kappa shape index (κ2) is 8.29. The molecule has 0 spiro atoms. The maximum atomic E-state index is 13.3. The zero-order valence-electron chi connectivity index (χ0n) is 16.0. The molecule has 2 aromatic carbocycles. The van der Waals surface area contributed by atoms with Crippen LogP contribution in [0.4, 0.5) is 10.1 Å². The van der Waals surface area contributed by atoms with Crippen molar-refractivity contribution in [3.63, 3.8) is 0 Å². The molecular formula is C22H24FN3OS. The molecule has 1 aliphatic heterocycles. The van der Waals surface area contributed by atoms with Crippen molar-refractivity contribution in [3.8, 4) is 11.3 Å². The van der Waals surface area contributed by atoms with Crippen molar-refractivity contribution < 1.29 is 4.39 Å². The van der Waals surface area contributed by atoms with E-state index in [1.807, 2.05) is 6.07 Å². The summed E-state index contributed by atoms with van der Waals surface area (Å²) in [7, 11) is 1.79. The van der Waals surface area contributed by atoms with Crippen molar-refractivity contribution in [2.24, 2.45) is 7.05 Å². The fourth-order valence-electron chi connectivity index (χ4n) is 3.76. The van der Waals surface area contributed by atoms with Gasteiger partial charge in [-0.25, -0.2) is 4.39 Å². The largest absolute Gasteiger partial charge is 0.369 e. The molecule has 0 aliphatic carbocycles. The molecule has 1 aliphatic rings. The van der Waals surface area contributed by atoms with E-state index in [4.69, 9.17) is 0 Å². The van der Waals surface area contributed by atoms with Crippen LogP contribution in [0, 0.1) is 5.82 Å². The molecule has 28 heavy (non-hydrogen) atoms. The Kier molecular flexibility index (Phi) is 5.59. The van der Waals surface area contributed by atoms with Gasteiger partial charge in [-0.05, 0) is 48.4 Å². The van der Waals surface area contributed by atoms with Crippen LogP contribution in [-0.2, 0) is 13.5 Å². The van der Waals surface area contributed by atoms with Crippen LogP contribution in [0.25, 0.3) is 11.3 Å². The number of nitrogens with zero attached hydrogens (tertiary/aromatic N) is 3. The summed E-state index contributed by atoms with van der Waals surface area (Å²) in [5.74, 6) is -0.262. The highest BCUT2D eigenvalue weighted by Crippen LogP contribution is 2.26.